The first-order valence-electron chi connectivity index (χ1n) is 7.11. The van der Waals surface area contributed by atoms with Gasteiger partial charge in [-0.05, 0) is 27.7 Å². The first-order chi connectivity index (χ1) is 9.54. The monoisotopic (exact) mass is 297 g/mol. The molecule has 0 aliphatic carbocycles. The minimum atomic E-state index is -0.208. The van der Waals surface area contributed by atoms with Crippen molar-refractivity contribution < 1.29 is 9.53 Å². The smallest absolute Gasteiger partial charge is 0.324 e. The van der Waals surface area contributed by atoms with E-state index in [0.717, 1.165) is 23.8 Å². The van der Waals surface area contributed by atoms with Crippen LogP contribution in [0, 0.1) is 13.8 Å². The average molecular weight is 297 g/mol. The summed E-state index contributed by atoms with van der Waals surface area (Å²) in [5, 5.41) is 4.35. The highest BCUT2D eigenvalue weighted by atomic mass is 32.1. The molecule has 112 valence electrons. The molecule has 1 saturated heterocycles. The Morgan fingerprint density at radius 1 is 1.60 bits per heavy atom. The van der Waals surface area contributed by atoms with Crippen molar-refractivity contribution in [1.82, 2.24) is 15.2 Å². The molecule has 0 spiro atoms. The van der Waals surface area contributed by atoms with E-state index in [1.54, 1.807) is 11.3 Å². The Morgan fingerprint density at radius 2 is 2.35 bits per heavy atom. The van der Waals surface area contributed by atoms with Crippen LogP contribution >= 0.6 is 11.3 Å². The molecule has 2 rings (SSSR count). The Hall–Kier alpha value is -0.980. The van der Waals surface area contributed by atoms with Gasteiger partial charge in [0.15, 0.2) is 0 Å². The van der Waals surface area contributed by atoms with Crippen LogP contribution in [0.2, 0.25) is 0 Å². The van der Waals surface area contributed by atoms with Crippen molar-refractivity contribution >= 4 is 17.3 Å². The normalized spacial score (nSPS) is 21.7. The molecule has 0 radical (unpaired) electrons. The zero-order valence-electron chi connectivity index (χ0n) is 12.6. The number of thiazole rings is 1. The van der Waals surface area contributed by atoms with Crippen LogP contribution in [0.4, 0.5) is 0 Å². The Bertz CT molecular complexity index is 475. The third-order valence-electron chi connectivity index (χ3n) is 3.66. The number of hydrogen-bond acceptors (Lipinski definition) is 6. The zero-order chi connectivity index (χ0) is 14.7. The summed E-state index contributed by atoms with van der Waals surface area (Å²) in [7, 11) is 0. The second-order valence-corrected chi connectivity index (χ2v) is 6.30. The maximum absolute atomic E-state index is 12.1. The van der Waals surface area contributed by atoms with Gasteiger partial charge in [0, 0.05) is 30.6 Å². The van der Waals surface area contributed by atoms with E-state index in [-0.39, 0.29) is 18.1 Å². The molecule has 2 atom stereocenters. The predicted octanol–water partition coefficient (Wildman–Crippen LogP) is 1.66. The number of piperazine rings is 1. The summed E-state index contributed by atoms with van der Waals surface area (Å²) >= 11 is 1.72. The lowest BCUT2D eigenvalue weighted by atomic mass is 10.1. The summed E-state index contributed by atoms with van der Waals surface area (Å²) in [5.41, 5.74) is 1.07. The van der Waals surface area contributed by atoms with Gasteiger partial charge in [-0.15, -0.1) is 11.3 Å². The highest BCUT2D eigenvalue weighted by Crippen LogP contribution is 2.30. The molecular formula is C14H23N3O2S. The number of carbonyl (C=O) groups is 1. The predicted molar refractivity (Wildman–Crippen MR) is 80.0 cm³/mol. The topological polar surface area (TPSA) is 54.5 Å². The van der Waals surface area contributed by atoms with Gasteiger partial charge in [0.1, 0.15) is 6.04 Å². The Kier molecular flexibility index (Phi) is 5.12. The summed E-state index contributed by atoms with van der Waals surface area (Å²) in [6.07, 6.45) is 0. The van der Waals surface area contributed by atoms with E-state index in [1.807, 2.05) is 20.8 Å². The van der Waals surface area contributed by atoms with Crippen LogP contribution in [0.25, 0.3) is 0 Å². The lowest BCUT2D eigenvalue weighted by molar-refractivity contribution is -0.151. The van der Waals surface area contributed by atoms with E-state index >= 15 is 0 Å². The fourth-order valence-electron chi connectivity index (χ4n) is 2.73. The lowest BCUT2D eigenvalue weighted by Gasteiger charge is -2.38. The number of aromatic nitrogens is 1. The van der Waals surface area contributed by atoms with Crippen molar-refractivity contribution in [2.24, 2.45) is 0 Å². The van der Waals surface area contributed by atoms with E-state index in [0.29, 0.717) is 13.2 Å². The molecule has 20 heavy (non-hydrogen) atoms. The maximum Gasteiger partial charge on any atom is 0.324 e. The largest absolute Gasteiger partial charge is 0.465 e. The first kappa shape index (κ1) is 15.4. The summed E-state index contributed by atoms with van der Waals surface area (Å²) < 4.78 is 5.20. The van der Waals surface area contributed by atoms with Gasteiger partial charge < -0.3 is 10.1 Å². The van der Waals surface area contributed by atoms with Crippen molar-refractivity contribution in [2.75, 3.05) is 26.2 Å². The fraction of sp³-hybridized carbons (Fsp3) is 0.714. The number of esters is 1. The lowest BCUT2D eigenvalue weighted by Crippen LogP contribution is -2.55. The third kappa shape index (κ3) is 3.19. The third-order valence-corrected chi connectivity index (χ3v) is 4.90. The van der Waals surface area contributed by atoms with Crippen LogP contribution in [-0.2, 0) is 9.53 Å². The number of carbonyl (C=O) groups excluding carboxylic acids is 1. The fourth-order valence-corrected chi connectivity index (χ4v) is 3.73. The van der Waals surface area contributed by atoms with Gasteiger partial charge in [0.25, 0.3) is 0 Å². The van der Waals surface area contributed by atoms with Crippen molar-refractivity contribution in [1.29, 1.82) is 0 Å². The summed E-state index contributed by atoms with van der Waals surface area (Å²) in [6, 6.07) is -0.0155. The number of hydrogen-bond donors (Lipinski definition) is 1. The van der Waals surface area contributed by atoms with Crippen molar-refractivity contribution in [3.63, 3.8) is 0 Å². The van der Waals surface area contributed by atoms with Crippen LogP contribution in [0.15, 0.2) is 0 Å². The van der Waals surface area contributed by atoms with Gasteiger partial charge in [0.05, 0.1) is 17.3 Å². The van der Waals surface area contributed by atoms with Crippen LogP contribution in [0.1, 0.15) is 35.5 Å². The number of rotatable bonds is 4. The standard InChI is InChI=1S/C14H23N3O2S/c1-5-19-14(18)12-8-15-6-7-17(12)10(3)13-9(2)16-11(4)20-13/h10,12,15H,5-8H2,1-4H3. The minimum Gasteiger partial charge on any atom is -0.465 e. The SMILES string of the molecule is CCOC(=O)C1CNCCN1C(C)c1sc(C)nc1C. The molecule has 1 aliphatic rings. The van der Waals surface area contributed by atoms with E-state index in [4.69, 9.17) is 4.74 Å². The van der Waals surface area contributed by atoms with Gasteiger partial charge in [-0.3, -0.25) is 9.69 Å². The molecule has 1 aliphatic heterocycles. The molecular weight excluding hydrogens is 274 g/mol. The number of aryl methyl sites for hydroxylation is 2. The molecule has 0 aromatic carbocycles. The quantitative estimate of drug-likeness (QED) is 0.857. The highest BCUT2D eigenvalue weighted by Gasteiger charge is 2.34. The maximum atomic E-state index is 12.1. The van der Waals surface area contributed by atoms with Gasteiger partial charge in [0.2, 0.25) is 0 Å². The van der Waals surface area contributed by atoms with Gasteiger partial charge >= 0.3 is 5.97 Å². The molecule has 1 aromatic rings. The molecule has 2 heterocycles. The van der Waals surface area contributed by atoms with E-state index in [2.05, 4.69) is 22.1 Å². The van der Waals surface area contributed by atoms with Crippen LogP contribution < -0.4 is 5.32 Å². The van der Waals surface area contributed by atoms with Gasteiger partial charge in [-0.2, -0.15) is 0 Å². The van der Waals surface area contributed by atoms with Gasteiger partial charge in [-0.1, -0.05) is 0 Å². The first-order valence-corrected chi connectivity index (χ1v) is 7.93. The number of nitrogens with zero attached hydrogens (tertiary/aromatic N) is 2. The zero-order valence-corrected chi connectivity index (χ0v) is 13.4. The Labute approximate surface area is 124 Å². The summed E-state index contributed by atoms with van der Waals surface area (Å²) in [4.78, 5) is 20.1. The summed E-state index contributed by atoms with van der Waals surface area (Å²) in [5.74, 6) is -0.134. The second kappa shape index (κ2) is 6.65. The molecule has 2 unspecified atom stereocenters. The Morgan fingerprint density at radius 3 is 2.95 bits per heavy atom. The van der Waals surface area contributed by atoms with Crippen molar-refractivity contribution in [2.45, 2.75) is 39.8 Å². The Balaban J connectivity index is 2.19. The molecule has 0 bridgehead atoms. The van der Waals surface area contributed by atoms with E-state index in [9.17, 15) is 4.79 Å². The van der Waals surface area contributed by atoms with Crippen molar-refractivity contribution in [3.8, 4) is 0 Å². The van der Waals surface area contributed by atoms with E-state index in [1.165, 1.54) is 4.88 Å². The van der Waals surface area contributed by atoms with E-state index < -0.39 is 0 Å². The highest BCUT2D eigenvalue weighted by molar-refractivity contribution is 7.11. The molecule has 0 amide bonds. The molecule has 0 saturated carbocycles. The molecule has 1 N–H and O–H groups in total. The van der Waals surface area contributed by atoms with Crippen LogP contribution in [-0.4, -0.2) is 48.1 Å². The number of nitrogens with one attached hydrogen (secondary N) is 1. The summed E-state index contributed by atoms with van der Waals surface area (Å²) in [6.45, 7) is 10.9. The second-order valence-electron chi connectivity index (χ2n) is 5.07. The van der Waals surface area contributed by atoms with Gasteiger partial charge in [-0.25, -0.2) is 4.98 Å². The van der Waals surface area contributed by atoms with Crippen molar-refractivity contribution in [3.05, 3.63) is 15.6 Å². The molecule has 1 aromatic heterocycles. The van der Waals surface area contributed by atoms with Crippen LogP contribution in [0.3, 0.4) is 0 Å². The minimum absolute atomic E-state index is 0.134. The molecule has 1 fully saturated rings. The molecule has 5 nitrogen and oxygen atoms in total. The average Bonchev–Trinajstić information content (AvgIpc) is 2.77. The molecule has 6 heteroatoms. The van der Waals surface area contributed by atoms with Crippen LogP contribution in [0.5, 0.6) is 0 Å². The number of ether oxygens (including phenoxy) is 1.